The van der Waals surface area contributed by atoms with Crippen LogP contribution in [0.25, 0.3) is 78.7 Å². The molecule has 0 fully saturated rings. The third-order valence-electron chi connectivity index (χ3n) is 9.83. The van der Waals surface area contributed by atoms with Crippen LogP contribution in [0, 0.1) is 0 Å². The molecule has 6 heteroatoms. The number of nitrogens with zero attached hydrogens (tertiary/aromatic N) is 3. The summed E-state index contributed by atoms with van der Waals surface area (Å²) in [5.74, 6) is 2.78. The zero-order chi connectivity index (χ0) is 35.1. The van der Waals surface area contributed by atoms with Gasteiger partial charge in [0, 0.05) is 22.3 Å². The Morgan fingerprint density at radius 1 is 0.346 bits per heavy atom. The summed E-state index contributed by atoms with van der Waals surface area (Å²) in [4.78, 5) is 15.1. The van der Waals surface area contributed by atoms with Gasteiger partial charge in [0.1, 0.15) is 5.75 Å². The standard InChI is InChI=1S/C46H33B2N3O/c47-46(48)40-16-8-7-14-39(40)42-38(15-9-17-41(42)52-46)34-22-28-37(29-23-34)45-50-43(35-24-18-32(19-25-35)30-10-3-1-4-11-30)49-44(51-45)36-26-20-33(21-27-36)31-12-5-2-6-13-31/h1-29H,47-48H2. The minimum atomic E-state index is -0.413. The highest BCUT2D eigenvalue weighted by Crippen LogP contribution is 2.47. The van der Waals surface area contributed by atoms with Crippen molar-refractivity contribution in [3.05, 3.63) is 181 Å². The number of rotatable bonds is 6. The fourth-order valence-corrected chi connectivity index (χ4v) is 7.14. The van der Waals surface area contributed by atoms with Crippen molar-refractivity contribution in [3.8, 4) is 84.4 Å². The van der Waals surface area contributed by atoms with Crippen LogP contribution in [0.2, 0.25) is 0 Å². The monoisotopic (exact) mass is 665 g/mol. The SMILES string of the molecule is BC1(B)Oc2cccc(-c3ccc(-c4nc(-c5ccc(-c6ccccc6)cc5)nc(-c5ccc(-c6ccccc6)cc5)n4)cc3)c2-c2ccccc21. The van der Waals surface area contributed by atoms with E-state index in [-0.39, 0.29) is 0 Å². The van der Waals surface area contributed by atoms with Gasteiger partial charge in [-0.3, -0.25) is 0 Å². The van der Waals surface area contributed by atoms with Crippen molar-refractivity contribution >= 4 is 15.7 Å². The van der Waals surface area contributed by atoms with Gasteiger partial charge in [-0.15, -0.1) is 0 Å². The first-order valence-electron chi connectivity index (χ1n) is 17.6. The van der Waals surface area contributed by atoms with E-state index < -0.39 is 5.40 Å². The van der Waals surface area contributed by atoms with E-state index in [1.807, 2.05) is 12.1 Å². The van der Waals surface area contributed by atoms with E-state index in [0.717, 1.165) is 50.3 Å². The molecule has 1 aliphatic rings. The van der Waals surface area contributed by atoms with E-state index in [0.29, 0.717) is 17.5 Å². The summed E-state index contributed by atoms with van der Waals surface area (Å²) in [5, 5.41) is -0.413. The van der Waals surface area contributed by atoms with Crippen molar-refractivity contribution in [2.45, 2.75) is 5.40 Å². The van der Waals surface area contributed by atoms with Gasteiger partial charge in [-0.05, 0) is 50.6 Å². The van der Waals surface area contributed by atoms with E-state index in [9.17, 15) is 0 Å². The Hall–Kier alpha value is -6.52. The van der Waals surface area contributed by atoms with E-state index >= 15 is 0 Å². The lowest BCUT2D eigenvalue weighted by Crippen LogP contribution is -2.37. The lowest BCUT2D eigenvalue weighted by molar-refractivity contribution is 0.241. The van der Waals surface area contributed by atoms with Gasteiger partial charge in [0.05, 0.1) is 5.40 Å². The molecule has 4 nitrogen and oxygen atoms in total. The molecule has 0 unspecified atom stereocenters. The van der Waals surface area contributed by atoms with Crippen LogP contribution in [0.5, 0.6) is 5.75 Å². The number of benzene rings is 7. The van der Waals surface area contributed by atoms with Crippen molar-refractivity contribution in [1.29, 1.82) is 0 Å². The van der Waals surface area contributed by atoms with Gasteiger partial charge < -0.3 is 4.74 Å². The van der Waals surface area contributed by atoms with Crippen LogP contribution < -0.4 is 4.74 Å². The summed E-state index contributed by atoms with van der Waals surface area (Å²) >= 11 is 0. The lowest BCUT2D eigenvalue weighted by Gasteiger charge is -2.36. The minimum Gasteiger partial charge on any atom is -0.500 e. The first-order chi connectivity index (χ1) is 25.5. The van der Waals surface area contributed by atoms with Gasteiger partial charge in [0.25, 0.3) is 0 Å². The molecule has 0 atom stereocenters. The Balaban J connectivity index is 1.11. The Kier molecular flexibility index (Phi) is 7.85. The van der Waals surface area contributed by atoms with E-state index in [1.165, 1.54) is 22.3 Å². The third kappa shape index (κ3) is 5.88. The van der Waals surface area contributed by atoms with Crippen LogP contribution in [0.1, 0.15) is 5.56 Å². The molecule has 0 aliphatic carbocycles. The van der Waals surface area contributed by atoms with Crippen molar-refractivity contribution in [2.24, 2.45) is 0 Å². The highest BCUT2D eigenvalue weighted by molar-refractivity contribution is 6.40. The molecule has 2 heterocycles. The lowest BCUT2D eigenvalue weighted by atomic mass is 9.58. The minimum absolute atomic E-state index is 0.413. The summed E-state index contributed by atoms with van der Waals surface area (Å²) in [6, 6.07) is 61.0. The summed E-state index contributed by atoms with van der Waals surface area (Å²) in [6.45, 7) is 0. The molecule has 9 rings (SSSR count). The largest absolute Gasteiger partial charge is 0.500 e. The average molecular weight is 665 g/mol. The Morgan fingerprint density at radius 3 is 1.23 bits per heavy atom. The van der Waals surface area contributed by atoms with Crippen molar-refractivity contribution < 1.29 is 4.74 Å². The number of ether oxygens (including phenoxy) is 1. The summed E-state index contributed by atoms with van der Waals surface area (Å²) in [5.41, 5.74) is 13.1. The zero-order valence-electron chi connectivity index (χ0n) is 29.0. The maximum absolute atomic E-state index is 6.55. The average Bonchev–Trinajstić information content (AvgIpc) is 3.21. The summed E-state index contributed by atoms with van der Waals surface area (Å²) < 4.78 is 6.55. The molecule has 1 aromatic heterocycles. The number of hydrogen-bond donors (Lipinski definition) is 0. The molecule has 7 aromatic carbocycles. The fourth-order valence-electron chi connectivity index (χ4n) is 7.14. The van der Waals surface area contributed by atoms with Gasteiger partial charge >= 0.3 is 0 Å². The van der Waals surface area contributed by atoms with Crippen molar-refractivity contribution in [2.75, 3.05) is 0 Å². The maximum atomic E-state index is 6.55. The van der Waals surface area contributed by atoms with E-state index in [2.05, 4.69) is 179 Å². The van der Waals surface area contributed by atoms with Crippen LogP contribution >= 0.6 is 0 Å². The molecule has 1 aliphatic heterocycles. The van der Waals surface area contributed by atoms with Crippen LogP contribution in [-0.2, 0) is 5.40 Å². The molecule has 244 valence electrons. The van der Waals surface area contributed by atoms with Gasteiger partial charge in [-0.25, -0.2) is 15.0 Å². The van der Waals surface area contributed by atoms with Gasteiger partial charge in [-0.1, -0.05) is 170 Å². The topological polar surface area (TPSA) is 47.9 Å². The van der Waals surface area contributed by atoms with Crippen molar-refractivity contribution in [3.63, 3.8) is 0 Å². The normalized spacial score (nSPS) is 12.7. The zero-order valence-corrected chi connectivity index (χ0v) is 29.0. The molecule has 0 N–H and O–H groups in total. The number of fused-ring (bicyclic) bond motifs is 3. The second-order valence-electron chi connectivity index (χ2n) is 13.6. The second kappa shape index (κ2) is 13.0. The Labute approximate surface area is 305 Å². The highest BCUT2D eigenvalue weighted by Gasteiger charge is 2.33. The predicted octanol–water partition coefficient (Wildman–Crippen LogP) is 9.31. The summed E-state index contributed by atoms with van der Waals surface area (Å²) in [6.07, 6.45) is 0. The summed E-state index contributed by atoms with van der Waals surface area (Å²) in [7, 11) is 4.26. The molecule has 0 saturated heterocycles. The number of aromatic nitrogens is 3. The maximum Gasteiger partial charge on any atom is 0.164 e. The molecule has 0 spiro atoms. The fraction of sp³-hybridized carbons (Fsp3) is 0.0217. The van der Waals surface area contributed by atoms with Gasteiger partial charge in [0.15, 0.2) is 33.2 Å². The molecule has 0 radical (unpaired) electrons. The van der Waals surface area contributed by atoms with E-state index in [4.69, 9.17) is 19.7 Å². The molecular weight excluding hydrogens is 632 g/mol. The van der Waals surface area contributed by atoms with Crippen molar-refractivity contribution in [1.82, 2.24) is 15.0 Å². The molecule has 0 saturated carbocycles. The van der Waals surface area contributed by atoms with Crippen LogP contribution in [0.4, 0.5) is 0 Å². The molecular formula is C46H33B2N3O. The highest BCUT2D eigenvalue weighted by atomic mass is 16.5. The predicted molar refractivity (Wildman–Crippen MR) is 217 cm³/mol. The van der Waals surface area contributed by atoms with Crippen LogP contribution in [0.15, 0.2) is 176 Å². The molecule has 8 aromatic rings. The molecule has 0 amide bonds. The Bertz CT molecular complexity index is 2440. The van der Waals surface area contributed by atoms with Gasteiger partial charge in [0.2, 0.25) is 0 Å². The molecule has 52 heavy (non-hydrogen) atoms. The Morgan fingerprint density at radius 2 is 0.731 bits per heavy atom. The van der Waals surface area contributed by atoms with Crippen LogP contribution in [-0.4, -0.2) is 30.6 Å². The van der Waals surface area contributed by atoms with Gasteiger partial charge in [-0.2, -0.15) is 0 Å². The quantitative estimate of drug-likeness (QED) is 0.166. The van der Waals surface area contributed by atoms with E-state index in [1.54, 1.807) is 0 Å². The smallest absolute Gasteiger partial charge is 0.164 e. The molecule has 0 bridgehead atoms. The first kappa shape index (κ1) is 31.5. The third-order valence-corrected chi connectivity index (χ3v) is 9.83. The number of hydrogen-bond acceptors (Lipinski definition) is 4. The van der Waals surface area contributed by atoms with Crippen LogP contribution in [0.3, 0.4) is 0 Å². The first-order valence-corrected chi connectivity index (χ1v) is 17.6. The second-order valence-corrected chi connectivity index (χ2v) is 13.6.